The second-order valence-corrected chi connectivity index (χ2v) is 5.23. The third-order valence-corrected chi connectivity index (χ3v) is 3.62. The number of ether oxygens (including phenoxy) is 2. The molecule has 0 spiro atoms. The van der Waals surface area contributed by atoms with Crippen LogP contribution in [0.1, 0.15) is 18.4 Å². The minimum atomic E-state index is -1.02. The molecule has 0 aliphatic carbocycles. The number of carboxylic acid groups (broad SMARTS) is 1. The van der Waals surface area contributed by atoms with Crippen molar-refractivity contribution in [2.45, 2.75) is 25.8 Å². The fourth-order valence-electron chi connectivity index (χ4n) is 2.37. The number of benzene rings is 1. The second kappa shape index (κ2) is 7.79. The maximum atomic E-state index is 12.1. The van der Waals surface area contributed by atoms with Gasteiger partial charge >= 0.3 is 5.97 Å². The van der Waals surface area contributed by atoms with Crippen molar-refractivity contribution in [3.8, 4) is 5.75 Å². The number of aryl methyl sites for hydroxylation is 1. The predicted molar refractivity (Wildman–Crippen MR) is 79.9 cm³/mol. The minimum Gasteiger partial charge on any atom is -0.493 e. The van der Waals surface area contributed by atoms with E-state index < -0.39 is 12.0 Å². The van der Waals surface area contributed by atoms with Crippen LogP contribution < -0.4 is 4.74 Å². The lowest BCUT2D eigenvalue weighted by atomic mass is 10.2. The van der Waals surface area contributed by atoms with E-state index in [0.717, 1.165) is 11.3 Å². The number of nitrogens with zero attached hydrogens (tertiary/aromatic N) is 1. The van der Waals surface area contributed by atoms with E-state index in [1.807, 2.05) is 31.2 Å². The average Bonchev–Trinajstić information content (AvgIpc) is 2.52. The van der Waals surface area contributed by atoms with E-state index in [0.29, 0.717) is 26.2 Å². The van der Waals surface area contributed by atoms with Gasteiger partial charge in [-0.1, -0.05) is 18.2 Å². The first-order valence-electron chi connectivity index (χ1n) is 7.38. The van der Waals surface area contributed by atoms with Gasteiger partial charge in [-0.3, -0.25) is 4.79 Å². The Hall–Kier alpha value is -2.08. The van der Waals surface area contributed by atoms with Crippen LogP contribution in [0.5, 0.6) is 5.75 Å². The Kier molecular flexibility index (Phi) is 5.77. The molecule has 0 aromatic heterocycles. The fourth-order valence-corrected chi connectivity index (χ4v) is 2.37. The number of carbonyl (C=O) groups is 2. The monoisotopic (exact) mass is 307 g/mol. The van der Waals surface area contributed by atoms with E-state index in [9.17, 15) is 9.59 Å². The topological polar surface area (TPSA) is 76.1 Å². The molecule has 1 aliphatic rings. The molecule has 1 aromatic rings. The van der Waals surface area contributed by atoms with E-state index in [-0.39, 0.29) is 18.9 Å². The van der Waals surface area contributed by atoms with Gasteiger partial charge in [0.05, 0.1) is 19.8 Å². The van der Waals surface area contributed by atoms with Crippen molar-refractivity contribution in [3.63, 3.8) is 0 Å². The normalized spacial score (nSPS) is 18.0. The molecule has 6 heteroatoms. The molecule has 0 radical (unpaired) electrons. The highest BCUT2D eigenvalue weighted by Crippen LogP contribution is 2.17. The number of amides is 1. The summed E-state index contributed by atoms with van der Waals surface area (Å²) in [6.07, 6.45) is 0.826. The molecule has 1 atom stereocenters. The molecular formula is C16H21NO5. The molecule has 120 valence electrons. The maximum absolute atomic E-state index is 12.1. The highest BCUT2D eigenvalue weighted by atomic mass is 16.5. The molecule has 0 bridgehead atoms. The highest BCUT2D eigenvalue weighted by molar-refractivity contribution is 5.84. The van der Waals surface area contributed by atoms with Crippen LogP contribution in [-0.4, -0.2) is 54.3 Å². The van der Waals surface area contributed by atoms with Crippen molar-refractivity contribution in [1.29, 1.82) is 0 Å². The highest BCUT2D eigenvalue weighted by Gasteiger charge is 2.32. The van der Waals surface area contributed by atoms with Crippen LogP contribution in [0.2, 0.25) is 0 Å². The van der Waals surface area contributed by atoms with E-state index in [4.69, 9.17) is 14.6 Å². The quantitative estimate of drug-likeness (QED) is 0.805. The molecule has 0 saturated carbocycles. The number of aliphatic carboxylic acids is 1. The molecule has 22 heavy (non-hydrogen) atoms. The summed E-state index contributed by atoms with van der Waals surface area (Å²) >= 11 is 0. The van der Waals surface area contributed by atoms with Crippen LogP contribution >= 0.6 is 0 Å². The van der Waals surface area contributed by atoms with E-state index in [1.165, 1.54) is 4.90 Å². The van der Waals surface area contributed by atoms with Crippen molar-refractivity contribution >= 4 is 11.9 Å². The maximum Gasteiger partial charge on any atom is 0.328 e. The first-order chi connectivity index (χ1) is 10.6. The molecule has 1 fully saturated rings. The number of hydrogen-bond acceptors (Lipinski definition) is 4. The Morgan fingerprint density at radius 1 is 1.41 bits per heavy atom. The van der Waals surface area contributed by atoms with Gasteiger partial charge in [0, 0.05) is 13.0 Å². The summed E-state index contributed by atoms with van der Waals surface area (Å²) in [7, 11) is 0. The van der Waals surface area contributed by atoms with E-state index in [2.05, 4.69) is 0 Å². The molecule has 2 rings (SSSR count). The third-order valence-electron chi connectivity index (χ3n) is 3.62. The second-order valence-electron chi connectivity index (χ2n) is 5.23. The summed E-state index contributed by atoms with van der Waals surface area (Å²) in [6.45, 7) is 3.16. The lowest BCUT2D eigenvalue weighted by molar-refractivity contribution is -0.158. The lowest BCUT2D eigenvalue weighted by Gasteiger charge is -2.32. The SMILES string of the molecule is Cc1ccccc1OCCCC(=O)N1CCOC[C@H]1C(=O)O. The molecule has 1 N–H and O–H groups in total. The number of hydrogen-bond donors (Lipinski definition) is 1. The summed E-state index contributed by atoms with van der Waals surface area (Å²) in [5, 5.41) is 9.11. The van der Waals surface area contributed by atoms with Gasteiger partial charge in [0.25, 0.3) is 0 Å². The summed E-state index contributed by atoms with van der Waals surface area (Å²) < 4.78 is 10.8. The number of carbonyl (C=O) groups excluding carboxylic acids is 1. The van der Waals surface area contributed by atoms with E-state index >= 15 is 0 Å². The molecule has 1 heterocycles. The molecule has 1 saturated heterocycles. The molecule has 0 unspecified atom stereocenters. The fraction of sp³-hybridized carbons (Fsp3) is 0.500. The molecule has 1 amide bonds. The van der Waals surface area contributed by atoms with Gasteiger partial charge < -0.3 is 19.5 Å². The standard InChI is InChI=1S/C16H21NO5/c1-12-5-2-3-6-14(12)22-9-4-7-15(18)17-8-10-21-11-13(17)16(19)20/h2-3,5-6,13H,4,7-11H2,1H3,(H,19,20)/t13-/m0/s1. The molecule has 6 nitrogen and oxygen atoms in total. The summed E-state index contributed by atoms with van der Waals surface area (Å²) in [6, 6.07) is 6.82. The predicted octanol–water partition coefficient (Wildman–Crippen LogP) is 1.47. The third kappa shape index (κ3) is 4.21. The van der Waals surface area contributed by atoms with Gasteiger partial charge in [-0.25, -0.2) is 4.79 Å². The van der Waals surface area contributed by atoms with Gasteiger partial charge in [0.1, 0.15) is 5.75 Å². The van der Waals surface area contributed by atoms with Crippen LogP contribution in [0, 0.1) is 6.92 Å². The Balaban J connectivity index is 1.77. The number of rotatable bonds is 6. The van der Waals surface area contributed by atoms with Gasteiger partial charge in [0.2, 0.25) is 5.91 Å². The van der Waals surface area contributed by atoms with Crippen molar-refractivity contribution < 1.29 is 24.2 Å². The zero-order valence-electron chi connectivity index (χ0n) is 12.7. The van der Waals surface area contributed by atoms with Crippen LogP contribution in [-0.2, 0) is 14.3 Å². The van der Waals surface area contributed by atoms with Crippen LogP contribution in [0.15, 0.2) is 24.3 Å². The molecule has 1 aromatic carbocycles. The van der Waals surface area contributed by atoms with Gasteiger partial charge in [-0.2, -0.15) is 0 Å². The van der Waals surface area contributed by atoms with Gasteiger partial charge in [-0.05, 0) is 25.0 Å². The molecule has 1 aliphatic heterocycles. The van der Waals surface area contributed by atoms with Crippen LogP contribution in [0.25, 0.3) is 0 Å². The van der Waals surface area contributed by atoms with Crippen molar-refractivity contribution in [3.05, 3.63) is 29.8 Å². The Labute approximate surface area is 129 Å². The molecular weight excluding hydrogens is 286 g/mol. The summed E-state index contributed by atoms with van der Waals surface area (Å²) in [5.41, 5.74) is 1.05. The van der Waals surface area contributed by atoms with Crippen molar-refractivity contribution in [2.24, 2.45) is 0 Å². The first kappa shape index (κ1) is 16.3. The largest absolute Gasteiger partial charge is 0.493 e. The minimum absolute atomic E-state index is 0.0563. The smallest absolute Gasteiger partial charge is 0.328 e. The number of morpholine rings is 1. The lowest BCUT2D eigenvalue weighted by Crippen LogP contribution is -2.52. The Morgan fingerprint density at radius 2 is 2.18 bits per heavy atom. The zero-order chi connectivity index (χ0) is 15.9. The van der Waals surface area contributed by atoms with Crippen molar-refractivity contribution in [1.82, 2.24) is 4.90 Å². The van der Waals surface area contributed by atoms with E-state index in [1.54, 1.807) is 0 Å². The number of para-hydroxylation sites is 1. The van der Waals surface area contributed by atoms with Gasteiger partial charge in [0.15, 0.2) is 6.04 Å². The summed E-state index contributed by atoms with van der Waals surface area (Å²) in [5.74, 6) is -0.377. The van der Waals surface area contributed by atoms with Gasteiger partial charge in [-0.15, -0.1) is 0 Å². The Morgan fingerprint density at radius 3 is 2.91 bits per heavy atom. The average molecular weight is 307 g/mol. The first-order valence-corrected chi connectivity index (χ1v) is 7.38. The Bertz CT molecular complexity index is 531. The van der Waals surface area contributed by atoms with Crippen molar-refractivity contribution in [2.75, 3.05) is 26.4 Å². The van der Waals surface area contributed by atoms with Crippen LogP contribution in [0.3, 0.4) is 0 Å². The zero-order valence-corrected chi connectivity index (χ0v) is 12.7. The number of carboxylic acids is 1. The summed E-state index contributed by atoms with van der Waals surface area (Å²) in [4.78, 5) is 24.7. The van der Waals surface area contributed by atoms with Crippen LogP contribution in [0.4, 0.5) is 0 Å².